The van der Waals surface area contributed by atoms with Crippen molar-refractivity contribution in [2.75, 3.05) is 11.9 Å². The molecule has 0 fully saturated rings. The van der Waals surface area contributed by atoms with Crippen LogP contribution in [0.25, 0.3) is 0 Å². The molecule has 2 rings (SSSR count). The smallest absolute Gasteiger partial charge is 0.390 e. The Morgan fingerprint density at radius 3 is 3.00 bits per heavy atom. The van der Waals surface area contributed by atoms with Crippen molar-refractivity contribution in [1.82, 2.24) is 19.7 Å². The van der Waals surface area contributed by atoms with Gasteiger partial charge in [0.05, 0.1) is 5.69 Å². The van der Waals surface area contributed by atoms with Gasteiger partial charge in [0.15, 0.2) is 0 Å². The van der Waals surface area contributed by atoms with Gasteiger partial charge in [0.2, 0.25) is 0 Å². The van der Waals surface area contributed by atoms with Gasteiger partial charge in [0.25, 0.3) is 4.73 Å². The van der Waals surface area contributed by atoms with Gasteiger partial charge < -0.3 is 15.4 Å². The summed E-state index contributed by atoms with van der Waals surface area (Å²) in [5.41, 5.74) is 1.70. The first-order valence-electron chi connectivity index (χ1n) is 6.03. The first kappa shape index (κ1) is 14.4. The van der Waals surface area contributed by atoms with Crippen molar-refractivity contribution in [3.63, 3.8) is 0 Å². The van der Waals surface area contributed by atoms with Crippen molar-refractivity contribution in [3.8, 4) is 0 Å². The van der Waals surface area contributed by atoms with Crippen LogP contribution in [0.4, 0.5) is 11.6 Å². The number of hydrogen-bond donors (Lipinski definition) is 1. The maximum Gasteiger partial charge on any atom is 0.492 e. The number of rotatable bonds is 6. The lowest BCUT2D eigenvalue weighted by molar-refractivity contribution is -0.394. The highest BCUT2D eigenvalue weighted by Gasteiger charge is 2.19. The molecule has 106 valence electrons. The molecule has 0 aliphatic rings. The fourth-order valence-corrected chi connectivity index (χ4v) is 1.95. The molecule has 0 saturated carbocycles. The molecule has 0 unspecified atom stereocenters. The molecular formula is C11H13BrN6O2. The Hall–Kier alpha value is -2.03. The molecule has 0 aliphatic heterocycles. The zero-order valence-corrected chi connectivity index (χ0v) is 12.4. The van der Waals surface area contributed by atoms with Crippen LogP contribution in [0.15, 0.2) is 23.1 Å². The molecule has 2 aromatic heterocycles. The van der Waals surface area contributed by atoms with Crippen LogP contribution < -0.4 is 5.32 Å². The van der Waals surface area contributed by atoms with Crippen molar-refractivity contribution >= 4 is 27.6 Å². The van der Waals surface area contributed by atoms with Crippen molar-refractivity contribution in [2.24, 2.45) is 0 Å². The molecule has 0 spiro atoms. The summed E-state index contributed by atoms with van der Waals surface area (Å²) in [6.45, 7) is 3.27. The van der Waals surface area contributed by atoms with Gasteiger partial charge >= 0.3 is 5.95 Å². The molecular weight excluding hydrogens is 328 g/mol. The van der Waals surface area contributed by atoms with Crippen LogP contribution in [-0.4, -0.2) is 31.2 Å². The van der Waals surface area contributed by atoms with E-state index in [0.29, 0.717) is 11.3 Å². The molecule has 0 aliphatic carbocycles. The second-order valence-electron chi connectivity index (χ2n) is 4.06. The number of halogens is 1. The second kappa shape index (κ2) is 6.42. The third kappa shape index (κ3) is 3.50. The van der Waals surface area contributed by atoms with Crippen LogP contribution in [0.1, 0.15) is 19.0 Å². The van der Waals surface area contributed by atoms with Gasteiger partial charge in [-0.05, 0) is 28.5 Å². The van der Waals surface area contributed by atoms with E-state index in [0.717, 1.165) is 24.3 Å². The summed E-state index contributed by atoms with van der Waals surface area (Å²) in [5.74, 6) is -0.433. The van der Waals surface area contributed by atoms with E-state index in [1.807, 2.05) is 12.1 Å². The lowest BCUT2D eigenvalue weighted by Crippen LogP contribution is -2.06. The molecule has 20 heavy (non-hydrogen) atoms. The summed E-state index contributed by atoms with van der Waals surface area (Å²) in [7, 11) is 0. The summed E-state index contributed by atoms with van der Waals surface area (Å²) in [6.07, 6.45) is 2.71. The standard InChI is InChI=1S/C11H13BrN6O2/c1-2-4-13-8-3-5-14-9(6-8)7-17-10(12)15-11(16-17)18(19)20/h3,5-6H,2,4,7H2,1H3,(H,13,14). The molecule has 0 bridgehead atoms. The van der Waals surface area contributed by atoms with E-state index in [1.165, 1.54) is 4.68 Å². The van der Waals surface area contributed by atoms with E-state index >= 15 is 0 Å². The average Bonchev–Trinajstić information content (AvgIpc) is 2.79. The third-order valence-corrected chi connectivity index (χ3v) is 3.07. The number of hydrogen-bond acceptors (Lipinski definition) is 6. The Kier molecular flexibility index (Phi) is 4.61. The van der Waals surface area contributed by atoms with Crippen LogP contribution in [0.2, 0.25) is 0 Å². The van der Waals surface area contributed by atoms with Gasteiger partial charge in [-0.1, -0.05) is 6.92 Å². The fourth-order valence-electron chi connectivity index (χ4n) is 1.59. The molecule has 2 heterocycles. The highest BCUT2D eigenvalue weighted by Crippen LogP contribution is 2.15. The van der Waals surface area contributed by atoms with Gasteiger partial charge in [-0.3, -0.25) is 4.98 Å². The van der Waals surface area contributed by atoms with E-state index in [2.05, 4.69) is 43.2 Å². The average molecular weight is 341 g/mol. The topological polar surface area (TPSA) is 98.8 Å². The Morgan fingerprint density at radius 2 is 2.35 bits per heavy atom. The molecule has 8 nitrogen and oxygen atoms in total. The highest BCUT2D eigenvalue weighted by atomic mass is 79.9. The van der Waals surface area contributed by atoms with E-state index < -0.39 is 10.9 Å². The van der Waals surface area contributed by atoms with E-state index in [1.54, 1.807) is 6.20 Å². The fraction of sp³-hybridized carbons (Fsp3) is 0.364. The number of nitrogens with one attached hydrogen (secondary N) is 1. The van der Waals surface area contributed by atoms with Crippen LogP contribution >= 0.6 is 15.9 Å². The van der Waals surface area contributed by atoms with E-state index in [-0.39, 0.29) is 0 Å². The maximum absolute atomic E-state index is 10.6. The van der Waals surface area contributed by atoms with Gasteiger partial charge in [-0.15, -0.1) is 0 Å². The van der Waals surface area contributed by atoms with E-state index in [9.17, 15) is 10.1 Å². The lowest BCUT2D eigenvalue weighted by Gasteiger charge is -2.05. The zero-order valence-electron chi connectivity index (χ0n) is 10.8. The Bertz CT molecular complexity index is 615. The Morgan fingerprint density at radius 1 is 1.55 bits per heavy atom. The predicted octanol–water partition coefficient (Wildman–Crippen LogP) is 2.21. The van der Waals surface area contributed by atoms with E-state index in [4.69, 9.17) is 0 Å². The first-order valence-corrected chi connectivity index (χ1v) is 6.83. The summed E-state index contributed by atoms with van der Waals surface area (Å²) >= 11 is 3.14. The minimum atomic E-state index is -0.631. The van der Waals surface area contributed by atoms with Crippen molar-refractivity contribution < 1.29 is 4.92 Å². The quantitative estimate of drug-likeness (QED) is 0.639. The van der Waals surface area contributed by atoms with Crippen molar-refractivity contribution in [3.05, 3.63) is 38.9 Å². The highest BCUT2D eigenvalue weighted by molar-refractivity contribution is 9.10. The summed E-state index contributed by atoms with van der Waals surface area (Å²) in [6, 6.07) is 3.76. The minimum absolute atomic E-state index is 0.304. The molecule has 0 aromatic carbocycles. The van der Waals surface area contributed by atoms with Gasteiger partial charge in [0.1, 0.15) is 6.54 Å². The number of nitrogens with zero attached hydrogens (tertiary/aromatic N) is 5. The van der Waals surface area contributed by atoms with Crippen LogP contribution in [-0.2, 0) is 6.54 Å². The monoisotopic (exact) mass is 340 g/mol. The number of aromatic nitrogens is 4. The molecule has 1 N–H and O–H groups in total. The van der Waals surface area contributed by atoms with Gasteiger partial charge in [-0.25, -0.2) is 0 Å². The third-order valence-electron chi connectivity index (χ3n) is 2.49. The van der Waals surface area contributed by atoms with Crippen LogP contribution in [0.5, 0.6) is 0 Å². The largest absolute Gasteiger partial charge is 0.492 e. The molecule has 0 atom stereocenters. The zero-order chi connectivity index (χ0) is 14.5. The predicted molar refractivity (Wildman–Crippen MR) is 76.5 cm³/mol. The molecule has 9 heteroatoms. The first-order chi connectivity index (χ1) is 9.60. The normalized spacial score (nSPS) is 10.5. The summed E-state index contributed by atoms with van der Waals surface area (Å²) in [5, 5.41) is 17.7. The SMILES string of the molecule is CCCNc1ccnc(Cn2nc([N+](=O)[O-])nc2Br)c1. The second-order valence-corrected chi connectivity index (χ2v) is 4.77. The van der Waals surface area contributed by atoms with Crippen LogP contribution in [0, 0.1) is 10.1 Å². The maximum atomic E-state index is 10.6. The summed E-state index contributed by atoms with van der Waals surface area (Å²) < 4.78 is 1.70. The number of anilines is 1. The summed E-state index contributed by atoms with van der Waals surface area (Å²) in [4.78, 5) is 17.9. The minimum Gasteiger partial charge on any atom is -0.390 e. The Labute approximate surface area is 123 Å². The van der Waals surface area contributed by atoms with Crippen molar-refractivity contribution in [2.45, 2.75) is 19.9 Å². The van der Waals surface area contributed by atoms with Gasteiger partial charge in [0, 0.05) is 39.5 Å². The Balaban J connectivity index is 2.15. The lowest BCUT2D eigenvalue weighted by atomic mass is 10.3. The number of nitro groups is 1. The molecule has 0 radical (unpaired) electrons. The molecule has 0 saturated heterocycles. The van der Waals surface area contributed by atoms with Crippen molar-refractivity contribution in [1.29, 1.82) is 0 Å². The molecule has 2 aromatic rings. The molecule has 0 amide bonds. The van der Waals surface area contributed by atoms with Crippen LogP contribution in [0.3, 0.4) is 0 Å². The number of pyridine rings is 1. The van der Waals surface area contributed by atoms with Gasteiger partial charge in [-0.2, -0.15) is 4.68 Å².